The van der Waals surface area contributed by atoms with E-state index in [1.165, 1.54) is 0 Å². The van der Waals surface area contributed by atoms with Crippen LogP contribution in [0.4, 0.5) is 0 Å². The fraction of sp³-hybridized carbons (Fsp3) is 1.00. The first-order chi connectivity index (χ1) is 4.35. The van der Waals surface area contributed by atoms with Gasteiger partial charge in [-0.25, -0.2) is 5.11 Å². The Labute approximate surface area is 56.2 Å². The molecule has 0 bridgehead atoms. The highest BCUT2D eigenvalue weighted by Gasteiger charge is 1.95. The van der Waals surface area contributed by atoms with E-state index in [-0.39, 0.29) is 6.61 Å². The average Bonchev–Trinajstić information content (AvgIpc) is 1.91. The molecule has 0 aromatic rings. The lowest BCUT2D eigenvalue weighted by molar-refractivity contribution is -0.163. The lowest BCUT2D eigenvalue weighted by Crippen LogP contribution is -2.24. The molecule has 0 heterocycles. The minimum Gasteiger partial charge on any atom is -0.296 e. The maximum Gasteiger partial charge on any atom is 0.108 e. The average molecular weight is 132 g/mol. The van der Waals surface area contributed by atoms with Gasteiger partial charge in [-0.2, -0.15) is 5.06 Å². The Hall–Kier alpha value is -0.120. The van der Waals surface area contributed by atoms with Gasteiger partial charge in [-0.3, -0.25) is 4.84 Å². The van der Waals surface area contributed by atoms with Crippen LogP contribution in [-0.4, -0.2) is 31.4 Å². The van der Waals surface area contributed by atoms with E-state index >= 15 is 0 Å². The Kier molecular flexibility index (Phi) is 5.93. The molecule has 0 saturated carbocycles. The van der Waals surface area contributed by atoms with Gasteiger partial charge in [0.15, 0.2) is 0 Å². The van der Waals surface area contributed by atoms with E-state index in [9.17, 15) is 5.11 Å². The zero-order chi connectivity index (χ0) is 7.11. The van der Waals surface area contributed by atoms with Gasteiger partial charge >= 0.3 is 0 Å². The fourth-order valence-electron chi connectivity index (χ4n) is 0.573. The van der Waals surface area contributed by atoms with Crippen LogP contribution in [0.5, 0.6) is 0 Å². The van der Waals surface area contributed by atoms with Gasteiger partial charge in [0.1, 0.15) is 6.61 Å². The van der Waals surface area contributed by atoms with Crippen molar-refractivity contribution in [1.82, 2.24) is 5.06 Å². The van der Waals surface area contributed by atoms with Gasteiger partial charge in [0.25, 0.3) is 0 Å². The molecule has 0 saturated heterocycles. The Bertz CT molecular complexity index is 55.0. The van der Waals surface area contributed by atoms with Crippen molar-refractivity contribution in [2.75, 3.05) is 26.3 Å². The smallest absolute Gasteiger partial charge is 0.108 e. The van der Waals surface area contributed by atoms with Crippen LogP contribution in [0, 0.1) is 0 Å². The predicted molar refractivity (Wildman–Crippen MR) is 34.4 cm³/mol. The summed E-state index contributed by atoms with van der Waals surface area (Å²) in [6.45, 7) is 5.81. The Morgan fingerprint density at radius 3 is 2.22 bits per heavy atom. The van der Waals surface area contributed by atoms with Crippen LogP contribution >= 0.6 is 0 Å². The summed E-state index contributed by atoms with van der Waals surface area (Å²) in [4.78, 5) is 5.01. The molecular formula is C6H14NO2. The zero-order valence-electron chi connectivity index (χ0n) is 6.09. The first-order valence-corrected chi connectivity index (χ1v) is 3.31. The van der Waals surface area contributed by atoms with Crippen molar-refractivity contribution in [2.45, 2.75) is 13.8 Å². The highest BCUT2D eigenvalue weighted by Crippen LogP contribution is 1.86. The third-order valence-electron chi connectivity index (χ3n) is 1.06. The van der Waals surface area contributed by atoms with Crippen molar-refractivity contribution in [3.63, 3.8) is 0 Å². The third-order valence-corrected chi connectivity index (χ3v) is 1.06. The molecule has 0 aromatic heterocycles. The molecule has 1 radical (unpaired) electrons. The van der Waals surface area contributed by atoms with Crippen molar-refractivity contribution in [3.8, 4) is 0 Å². The van der Waals surface area contributed by atoms with Crippen LogP contribution in [0.25, 0.3) is 0 Å². The van der Waals surface area contributed by atoms with Gasteiger partial charge in [0, 0.05) is 13.1 Å². The number of hydrogen-bond acceptors (Lipinski definition) is 2. The molecule has 3 nitrogen and oxygen atoms in total. The van der Waals surface area contributed by atoms with Gasteiger partial charge in [-0.05, 0) is 0 Å². The quantitative estimate of drug-likeness (QED) is 0.515. The largest absolute Gasteiger partial charge is 0.296 e. The molecule has 3 heteroatoms. The van der Waals surface area contributed by atoms with E-state index in [0.717, 1.165) is 13.1 Å². The Morgan fingerprint density at radius 2 is 1.89 bits per heavy atom. The number of nitrogens with zero attached hydrogens (tertiary/aromatic N) is 1. The van der Waals surface area contributed by atoms with Crippen molar-refractivity contribution < 1.29 is 9.94 Å². The highest BCUT2D eigenvalue weighted by atomic mass is 16.7. The van der Waals surface area contributed by atoms with Crippen molar-refractivity contribution in [3.05, 3.63) is 0 Å². The topological polar surface area (TPSA) is 32.4 Å². The molecule has 0 spiro atoms. The first kappa shape index (κ1) is 8.88. The van der Waals surface area contributed by atoms with Gasteiger partial charge in [-0.15, -0.1) is 0 Å². The maximum atomic E-state index is 9.91. The normalized spacial score (nSPS) is 10.7. The molecule has 0 N–H and O–H groups in total. The maximum absolute atomic E-state index is 9.91. The lowest BCUT2D eigenvalue weighted by atomic mass is 10.6. The summed E-state index contributed by atoms with van der Waals surface area (Å²) in [6, 6.07) is 0. The minimum absolute atomic E-state index is 0.156. The van der Waals surface area contributed by atoms with Crippen LogP contribution in [0.3, 0.4) is 0 Å². The second-order valence-electron chi connectivity index (χ2n) is 1.65. The van der Waals surface area contributed by atoms with Gasteiger partial charge < -0.3 is 0 Å². The summed E-state index contributed by atoms with van der Waals surface area (Å²) in [5.41, 5.74) is 0. The molecule has 9 heavy (non-hydrogen) atoms. The minimum atomic E-state index is -0.156. The van der Waals surface area contributed by atoms with Crippen molar-refractivity contribution in [2.24, 2.45) is 0 Å². The molecule has 0 aromatic carbocycles. The SMILES string of the molecule is CCN(CC)OCC[O]. The summed E-state index contributed by atoms with van der Waals surface area (Å²) in [5.74, 6) is 0. The summed E-state index contributed by atoms with van der Waals surface area (Å²) in [6.07, 6.45) is 0. The molecular weight excluding hydrogens is 118 g/mol. The summed E-state index contributed by atoms with van der Waals surface area (Å²) in [7, 11) is 0. The predicted octanol–water partition coefficient (Wildman–Crippen LogP) is 0.690. The van der Waals surface area contributed by atoms with Gasteiger partial charge in [0.05, 0.1) is 6.61 Å². The molecule has 0 aliphatic heterocycles. The second-order valence-corrected chi connectivity index (χ2v) is 1.65. The van der Waals surface area contributed by atoms with E-state index in [2.05, 4.69) is 0 Å². The van der Waals surface area contributed by atoms with E-state index in [4.69, 9.17) is 4.84 Å². The van der Waals surface area contributed by atoms with Crippen LogP contribution < -0.4 is 0 Å². The molecule has 0 fully saturated rings. The molecule has 0 unspecified atom stereocenters. The monoisotopic (exact) mass is 132 g/mol. The summed E-state index contributed by atoms with van der Waals surface area (Å²) in [5, 5.41) is 11.7. The number of rotatable bonds is 5. The van der Waals surface area contributed by atoms with Crippen molar-refractivity contribution in [1.29, 1.82) is 0 Å². The van der Waals surface area contributed by atoms with Crippen LogP contribution in [0.15, 0.2) is 0 Å². The fourth-order valence-corrected chi connectivity index (χ4v) is 0.573. The standard InChI is InChI=1S/C6H14NO2/c1-3-7(4-2)9-6-5-8/h3-6H2,1-2H3. The van der Waals surface area contributed by atoms with E-state index < -0.39 is 0 Å². The molecule has 0 aliphatic rings. The Balaban J connectivity index is 3.09. The van der Waals surface area contributed by atoms with Crippen LogP contribution in [0.1, 0.15) is 13.8 Å². The molecule has 0 aliphatic carbocycles. The molecule has 55 valence electrons. The van der Waals surface area contributed by atoms with Crippen molar-refractivity contribution >= 4 is 0 Å². The molecule has 0 amide bonds. The molecule has 0 atom stereocenters. The van der Waals surface area contributed by atoms with Gasteiger partial charge in [-0.1, -0.05) is 13.8 Å². The number of hydrogen-bond donors (Lipinski definition) is 0. The second kappa shape index (κ2) is 6.01. The van der Waals surface area contributed by atoms with E-state index in [1.807, 2.05) is 13.8 Å². The van der Waals surface area contributed by atoms with Crippen LogP contribution in [0.2, 0.25) is 0 Å². The molecule has 0 rings (SSSR count). The highest BCUT2D eigenvalue weighted by molar-refractivity contribution is 4.32. The summed E-state index contributed by atoms with van der Waals surface area (Å²) < 4.78 is 0. The third kappa shape index (κ3) is 4.39. The first-order valence-electron chi connectivity index (χ1n) is 3.31. The van der Waals surface area contributed by atoms with Gasteiger partial charge in [0.2, 0.25) is 0 Å². The lowest BCUT2D eigenvalue weighted by Gasteiger charge is -2.16. The van der Waals surface area contributed by atoms with E-state index in [1.54, 1.807) is 5.06 Å². The zero-order valence-corrected chi connectivity index (χ0v) is 6.09. The van der Waals surface area contributed by atoms with Crippen LogP contribution in [-0.2, 0) is 9.94 Å². The summed E-state index contributed by atoms with van der Waals surface area (Å²) >= 11 is 0. The number of hydroxylamine groups is 2. The van der Waals surface area contributed by atoms with E-state index in [0.29, 0.717) is 6.61 Å². The Morgan fingerprint density at radius 1 is 1.33 bits per heavy atom.